The first kappa shape index (κ1) is 17.0. The van der Waals surface area contributed by atoms with E-state index in [1.54, 1.807) is 0 Å². The lowest BCUT2D eigenvalue weighted by atomic mass is 10.1. The summed E-state index contributed by atoms with van der Waals surface area (Å²) in [4.78, 5) is 8.96. The van der Waals surface area contributed by atoms with Crippen LogP contribution in [0.4, 0.5) is 26.3 Å². The summed E-state index contributed by atoms with van der Waals surface area (Å²) in [5, 5.41) is 0. The average molecular weight is 322 g/mol. The lowest BCUT2D eigenvalue weighted by molar-refractivity contribution is -0.201. The van der Waals surface area contributed by atoms with Gasteiger partial charge in [0.25, 0.3) is 0 Å². The van der Waals surface area contributed by atoms with Crippen LogP contribution in [0.1, 0.15) is 11.7 Å². The van der Waals surface area contributed by atoms with Crippen molar-refractivity contribution in [2.75, 3.05) is 6.16 Å². The second kappa shape index (κ2) is 5.75. The van der Waals surface area contributed by atoms with Crippen molar-refractivity contribution in [2.45, 2.75) is 18.5 Å². The molecule has 0 aliphatic heterocycles. The molecule has 0 aliphatic rings. The Balaban J connectivity index is 3.01. The molecule has 0 aromatic heterocycles. The van der Waals surface area contributed by atoms with Gasteiger partial charge in [0.05, 0.1) is 0 Å². The number of alkyl halides is 6. The first-order valence-corrected chi connectivity index (χ1v) is 6.86. The van der Waals surface area contributed by atoms with Crippen molar-refractivity contribution < 1.29 is 40.3 Å². The summed E-state index contributed by atoms with van der Waals surface area (Å²) in [6, 6.07) is 5.65. The third kappa shape index (κ3) is 5.52. The van der Waals surface area contributed by atoms with E-state index < -0.39 is 37.8 Å². The largest absolute Gasteiger partial charge is 0.419 e. The van der Waals surface area contributed by atoms with Crippen LogP contribution in [0.25, 0.3) is 0 Å². The van der Waals surface area contributed by atoms with Crippen LogP contribution in [0.2, 0.25) is 0 Å². The SMILES string of the molecule is O=P(O)(CC(F)(F)F)OC(c1ccccc1)C(F)(F)F. The molecule has 2 unspecified atom stereocenters. The molecule has 0 radical (unpaired) electrons. The van der Waals surface area contributed by atoms with Gasteiger partial charge in [-0.15, -0.1) is 0 Å². The zero-order valence-electron chi connectivity index (χ0n) is 9.65. The van der Waals surface area contributed by atoms with Gasteiger partial charge in [0, 0.05) is 0 Å². The van der Waals surface area contributed by atoms with Crippen LogP contribution in [-0.4, -0.2) is 23.4 Å². The summed E-state index contributed by atoms with van der Waals surface area (Å²) in [7, 11) is -5.48. The summed E-state index contributed by atoms with van der Waals surface area (Å²) in [6.07, 6.45) is -15.5. The lowest BCUT2D eigenvalue weighted by Gasteiger charge is -2.24. The Hall–Kier alpha value is -1.05. The van der Waals surface area contributed by atoms with E-state index in [0.717, 1.165) is 12.1 Å². The smallest absolute Gasteiger partial charge is 0.324 e. The van der Waals surface area contributed by atoms with Crippen molar-refractivity contribution in [3.05, 3.63) is 35.9 Å². The predicted molar refractivity (Wildman–Crippen MR) is 57.1 cm³/mol. The van der Waals surface area contributed by atoms with Crippen LogP contribution in [-0.2, 0) is 9.09 Å². The van der Waals surface area contributed by atoms with Gasteiger partial charge in [-0.25, -0.2) is 0 Å². The van der Waals surface area contributed by atoms with Crippen molar-refractivity contribution in [1.82, 2.24) is 0 Å². The summed E-state index contributed by atoms with van der Waals surface area (Å²) in [5.74, 6) is 0. The van der Waals surface area contributed by atoms with E-state index in [-0.39, 0.29) is 0 Å². The zero-order chi connectivity index (χ0) is 15.6. The van der Waals surface area contributed by atoms with Gasteiger partial charge in [0.2, 0.25) is 0 Å². The fraction of sp³-hybridized carbons (Fsp3) is 0.400. The molecule has 20 heavy (non-hydrogen) atoms. The van der Waals surface area contributed by atoms with Crippen LogP contribution in [0.3, 0.4) is 0 Å². The van der Waals surface area contributed by atoms with Gasteiger partial charge in [-0.1, -0.05) is 30.3 Å². The molecule has 0 fully saturated rings. The van der Waals surface area contributed by atoms with Crippen molar-refractivity contribution in [3.63, 3.8) is 0 Å². The minimum atomic E-state index is -5.48. The first-order valence-electron chi connectivity index (χ1n) is 5.09. The van der Waals surface area contributed by atoms with E-state index in [9.17, 15) is 30.9 Å². The van der Waals surface area contributed by atoms with Gasteiger partial charge in [-0.3, -0.25) is 9.09 Å². The highest BCUT2D eigenvalue weighted by Gasteiger charge is 2.48. The molecule has 0 saturated carbocycles. The Morgan fingerprint density at radius 2 is 1.60 bits per heavy atom. The monoisotopic (exact) mass is 322 g/mol. The molecule has 3 nitrogen and oxygen atoms in total. The van der Waals surface area contributed by atoms with Gasteiger partial charge in [-0.05, 0) is 5.56 Å². The summed E-state index contributed by atoms with van der Waals surface area (Å²) in [6.45, 7) is 0. The molecular weight excluding hydrogens is 313 g/mol. The average Bonchev–Trinajstić information content (AvgIpc) is 2.22. The molecule has 0 spiro atoms. The standard InChI is InChI=1S/C10H9F6O3P/c11-9(12,13)6-20(17,18)19-8(10(14,15)16)7-4-2-1-3-5-7/h1-5,8H,6H2,(H,17,18). The normalized spacial score (nSPS) is 17.6. The van der Waals surface area contributed by atoms with Gasteiger partial charge >= 0.3 is 19.9 Å². The van der Waals surface area contributed by atoms with Crippen molar-refractivity contribution in [3.8, 4) is 0 Å². The van der Waals surface area contributed by atoms with Crippen LogP contribution < -0.4 is 0 Å². The molecule has 0 bridgehead atoms. The molecule has 0 heterocycles. The van der Waals surface area contributed by atoms with E-state index >= 15 is 0 Å². The summed E-state index contributed by atoms with van der Waals surface area (Å²) in [5.41, 5.74) is -0.559. The molecule has 0 saturated heterocycles. The highest BCUT2D eigenvalue weighted by Crippen LogP contribution is 2.53. The second-order valence-electron chi connectivity index (χ2n) is 3.85. The van der Waals surface area contributed by atoms with Crippen LogP contribution >= 0.6 is 7.60 Å². The molecule has 1 aromatic rings. The molecule has 1 N–H and O–H groups in total. The lowest BCUT2D eigenvalue weighted by Crippen LogP contribution is -2.25. The van der Waals surface area contributed by atoms with Gasteiger partial charge in [0.1, 0.15) is 6.16 Å². The minimum Gasteiger partial charge on any atom is -0.324 e. The number of hydrogen-bond donors (Lipinski definition) is 1. The third-order valence-electron chi connectivity index (χ3n) is 2.05. The maximum atomic E-state index is 12.7. The van der Waals surface area contributed by atoms with Crippen LogP contribution in [0.5, 0.6) is 0 Å². The first-order chi connectivity index (χ1) is 8.91. The number of rotatable bonds is 4. The van der Waals surface area contributed by atoms with E-state index in [1.807, 2.05) is 0 Å². The zero-order valence-corrected chi connectivity index (χ0v) is 10.5. The van der Waals surface area contributed by atoms with E-state index in [0.29, 0.717) is 0 Å². The van der Waals surface area contributed by atoms with E-state index in [1.165, 1.54) is 18.2 Å². The molecule has 0 aliphatic carbocycles. The molecule has 1 rings (SSSR count). The fourth-order valence-electron chi connectivity index (χ4n) is 1.37. The van der Waals surface area contributed by atoms with Gasteiger partial charge in [0.15, 0.2) is 6.10 Å². The highest BCUT2D eigenvalue weighted by molar-refractivity contribution is 7.52. The molecule has 10 heteroatoms. The third-order valence-corrected chi connectivity index (χ3v) is 3.35. The highest BCUT2D eigenvalue weighted by atomic mass is 31.2. The Morgan fingerprint density at radius 3 is 2.00 bits per heavy atom. The van der Waals surface area contributed by atoms with E-state index in [4.69, 9.17) is 4.89 Å². The maximum absolute atomic E-state index is 12.7. The molecule has 114 valence electrons. The van der Waals surface area contributed by atoms with Crippen LogP contribution in [0, 0.1) is 0 Å². The summed E-state index contributed by atoms with van der Waals surface area (Å²) >= 11 is 0. The van der Waals surface area contributed by atoms with Crippen molar-refractivity contribution >= 4 is 7.60 Å². The number of hydrogen-bond acceptors (Lipinski definition) is 2. The quantitative estimate of drug-likeness (QED) is 0.672. The molecule has 2 atom stereocenters. The Bertz CT molecular complexity index is 484. The Labute approximate surface area is 109 Å². The number of benzene rings is 1. The topological polar surface area (TPSA) is 46.5 Å². The Kier molecular flexibility index (Phi) is 4.89. The summed E-state index contributed by atoms with van der Waals surface area (Å²) < 4.78 is 89.2. The molecule has 0 amide bonds. The van der Waals surface area contributed by atoms with Crippen molar-refractivity contribution in [1.29, 1.82) is 0 Å². The fourth-order valence-corrected chi connectivity index (χ4v) is 2.46. The van der Waals surface area contributed by atoms with Gasteiger partial charge < -0.3 is 4.89 Å². The molecular formula is C10H9F6O3P. The Morgan fingerprint density at radius 1 is 1.10 bits per heavy atom. The minimum absolute atomic E-state index is 0.559. The molecule has 1 aromatic carbocycles. The van der Waals surface area contributed by atoms with E-state index in [2.05, 4.69) is 4.52 Å². The second-order valence-corrected chi connectivity index (χ2v) is 5.65. The number of halogens is 6. The predicted octanol–water partition coefficient (Wildman–Crippen LogP) is 4.05. The van der Waals surface area contributed by atoms with Crippen molar-refractivity contribution in [2.24, 2.45) is 0 Å². The maximum Gasteiger partial charge on any atom is 0.419 e. The van der Waals surface area contributed by atoms with Crippen LogP contribution in [0.15, 0.2) is 30.3 Å². The van der Waals surface area contributed by atoms with Gasteiger partial charge in [-0.2, -0.15) is 26.3 Å².